The van der Waals surface area contributed by atoms with Crippen LogP contribution in [-0.4, -0.2) is 17.1 Å². The zero-order chi connectivity index (χ0) is 10.6. The van der Waals surface area contributed by atoms with Crippen LogP contribution in [0.1, 0.15) is 11.1 Å². The second-order valence-electron chi connectivity index (χ2n) is 3.13. The normalized spacial score (nSPS) is 12.4. The molecule has 0 unspecified atom stereocenters. The molecule has 0 amide bonds. The van der Waals surface area contributed by atoms with E-state index in [1.165, 1.54) is 0 Å². The minimum absolute atomic E-state index is 0.358. The zero-order valence-electron chi connectivity index (χ0n) is 7.68. The number of carbonyl (C=O) groups is 1. The van der Waals surface area contributed by atoms with E-state index in [9.17, 15) is 4.79 Å². The van der Waals surface area contributed by atoms with Crippen LogP contribution >= 0.6 is 12.6 Å². The van der Waals surface area contributed by atoms with Crippen LogP contribution in [0.4, 0.5) is 0 Å². The molecule has 0 aliphatic heterocycles. The number of aliphatic carboxylic acids is 1. The average molecular weight is 211 g/mol. The van der Waals surface area contributed by atoms with Crippen molar-refractivity contribution in [2.75, 3.05) is 0 Å². The van der Waals surface area contributed by atoms with Gasteiger partial charge < -0.3 is 10.8 Å². The average Bonchev–Trinajstić information content (AvgIpc) is 2.18. The fraction of sp³-hybridized carbons (Fsp3) is 0.300. The third-order valence-corrected chi connectivity index (χ3v) is 2.31. The molecule has 3 N–H and O–H groups in total. The van der Waals surface area contributed by atoms with E-state index in [0.29, 0.717) is 12.2 Å². The zero-order valence-corrected chi connectivity index (χ0v) is 8.58. The number of carboxylic acid groups (broad SMARTS) is 1. The third-order valence-electron chi connectivity index (χ3n) is 1.95. The Balaban J connectivity index is 2.71. The number of benzene rings is 1. The molecule has 1 atom stereocenters. The summed E-state index contributed by atoms with van der Waals surface area (Å²) in [7, 11) is 0. The molecule has 0 heterocycles. The first-order chi connectivity index (χ1) is 6.63. The highest BCUT2D eigenvalue weighted by Crippen LogP contribution is 2.09. The molecule has 0 aliphatic carbocycles. The first kappa shape index (κ1) is 11.1. The van der Waals surface area contributed by atoms with Gasteiger partial charge in [-0.1, -0.05) is 24.3 Å². The molecule has 0 saturated heterocycles. The van der Waals surface area contributed by atoms with E-state index in [1.54, 1.807) is 0 Å². The highest BCUT2D eigenvalue weighted by atomic mass is 32.1. The number of hydrogen-bond acceptors (Lipinski definition) is 3. The molecule has 0 aliphatic rings. The first-order valence-electron chi connectivity index (χ1n) is 4.30. The van der Waals surface area contributed by atoms with Gasteiger partial charge in [0.25, 0.3) is 0 Å². The van der Waals surface area contributed by atoms with E-state index in [4.69, 9.17) is 10.8 Å². The van der Waals surface area contributed by atoms with Crippen LogP contribution in [0.5, 0.6) is 0 Å². The van der Waals surface area contributed by atoms with Crippen molar-refractivity contribution in [1.29, 1.82) is 0 Å². The van der Waals surface area contributed by atoms with Gasteiger partial charge in [0.15, 0.2) is 0 Å². The summed E-state index contributed by atoms with van der Waals surface area (Å²) >= 11 is 4.14. The monoisotopic (exact) mass is 211 g/mol. The SMILES string of the molecule is N[C@@H](Cc1cccc(CS)c1)C(=O)O. The quantitative estimate of drug-likeness (QED) is 0.653. The van der Waals surface area contributed by atoms with Crippen LogP contribution in [-0.2, 0) is 17.0 Å². The summed E-state index contributed by atoms with van der Waals surface area (Å²) in [6.45, 7) is 0. The van der Waals surface area contributed by atoms with Crippen molar-refractivity contribution in [3.05, 3.63) is 35.4 Å². The lowest BCUT2D eigenvalue weighted by molar-refractivity contribution is -0.138. The maximum absolute atomic E-state index is 10.5. The maximum Gasteiger partial charge on any atom is 0.320 e. The Morgan fingerprint density at radius 3 is 2.71 bits per heavy atom. The summed E-state index contributed by atoms with van der Waals surface area (Å²) in [4.78, 5) is 10.5. The maximum atomic E-state index is 10.5. The molecule has 0 radical (unpaired) electrons. The van der Waals surface area contributed by atoms with Crippen molar-refractivity contribution in [3.63, 3.8) is 0 Å². The number of carboxylic acids is 1. The van der Waals surface area contributed by atoms with Gasteiger partial charge in [0.2, 0.25) is 0 Å². The lowest BCUT2D eigenvalue weighted by atomic mass is 10.0. The fourth-order valence-electron chi connectivity index (χ4n) is 1.20. The van der Waals surface area contributed by atoms with Gasteiger partial charge in [0, 0.05) is 5.75 Å². The van der Waals surface area contributed by atoms with Crippen molar-refractivity contribution >= 4 is 18.6 Å². The number of thiol groups is 1. The van der Waals surface area contributed by atoms with E-state index >= 15 is 0 Å². The fourth-order valence-corrected chi connectivity index (χ4v) is 1.39. The number of rotatable bonds is 4. The molecule has 0 bridgehead atoms. The lowest BCUT2D eigenvalue weighted by Crippen LogP contribution is -2.32. The number of nitrogens with two attached hydrogens (primary N) is 1. The molecule has 14 heavy (non-hydrogen) atoms. The molecular formula is C10H13NO2S. The third kappa shape index (κ3) is 3.05. The van der Waals surface area contributed by atoms with E-state index < -0.39 is 12.0 Å². The molecule has 0 saturated carbocycles. The van der Waals surface area contributed by atoms with Crippen molar-refractivity contribution in [3.8, 4) is 0 Å². The van der Waals surface area contributed by atoms with Gasteiger partial charge in [-0.25, -0.2) is 0 Å². The van der Waals surface area contributed by atoms with E-state index in [-0.39, 0.29) is 0 Å². The van der Waals surface area contributed by atoms with Crippen LogP contribution in [0.2, 0.25) is 0 Å². The van der Waals surface area contributed by atoms with Gasteiger partial charge in [-0.15, -0.1) is 0 Å². The van der Waals surface area contributed by atoms with Crippen LogP contribution < -0.4 is 5.73 Å². The second-order valence-corrected chi connectivity index (χ2v) is 3.44. The van der Waals surface area contributed by atoms with Crippen molar-refractivity contribution in [2.45, 2.75) is 18.2 Å². The van der Waals surface area contributed by atoms with Gasteiger partial charge in [0.1, 0.15) is 6.04 Å². The van der Waals surface area contributed by atoms with Gasteiger partial charge in [0.05, 0.1) is 0 Å². The molecule has 4 heteroatoms. The first-order valence-corrected chi connectivity index (χ1v) is 4.94. The number of hydrogen-bond donors (Lipinski definition) is 3. The molecule has 0 aromatic heterocycles. The molecule has 3 nitrogen and oxygen atoms in total. The van der Waals surface area contributed by atoms with Gasteiger partial charge in [-0.05, 0) is 17.5 Å². The minimum Gasteiger partial charge on any atom is -0.480 e. The summed E-state index contributed by atoms with van der Waals surface area (Å²) in [6.07, 6.45) is 0.358. The molecule has 0 fully saturated rings. The summed E-state index contributed by atoms with van der Waals surface area (Å²) in [5, 5.41) is 8.63. The van der Waals surface area contributed by atoms with Gasteiger partial charge >= 0.3 is 5.97 Å². The van der Waals surface area contributed by atoms with Crippen molar-refractivity contribution < 1.29 is 9.90 Å². The highest BCUT2D eigenvalue weighted by Gasteiger charge is 2.11. The summed E-state index contributed by atoms with van der Waals surface area (Å²) in [6, 6.07) is 6.80. The van der Waals surface area contributed by atoms with Gasteiger partial charge in [-0.3, -0.25) is 4.79 Å². The van der Waals surface area contributed by atoms with Crippen LogP contribution in [0, 0.1) is 0 Å². The van der Waals surface area contributed by atoms with Crippen molar-refractivity contribution in [2.24, 2.45) is 5.73 Å². The van der Waals surface area contributed by atoms with E-state index in [2.05, 4.69) is 12.6 Å². The summed E-state index contributed by atoms with van der Waals surface area (Å²) in [5.74, 6) is -0.322. The van der Waals surface area contributed by atoms with Crippen molar-refractivity contribution in [1.82, 2.24) is 0 Å². The van der Waals surface area contributed by atoms with Crippen LogP contribution in [0.15, 0.2) is 24.3 Å². The Morgan fingerprint density at radius 2 is 2.14 bits per heavy atom. The Labute approximate surface area is 88.3 Å². The summed E-state index contributed by atoms with van der Waals surface area (Å²) < 4.78 is 0. The van der Waals surface area contributed by atoms with E-state index in [1.807, 2.05) is 24.3 Å². The second kappa shape index (κ2) is 5.02. The molecular weight excluding hydrogens is 198 g/mol. The molecule has 1 rings (SSSR count). The standard InChI is InChI=1S/C10H13NO2S/c11-9(10(12)13)5-7-2-1-3-8(4-7)6-14/h1-4,9,14H,5-6,11H2,(H,12,13)/t9-/m0/s1. The molecule has 76 valence electrons. The predicted octanol–water partition coefficient (Wildman–Crippen LogP) is 1.07. The van der Waals surface area contributed by atoms with Crippen LogP contribution in [0.25, 0.3) is 0 Å². The Morgan fingerprint density at radius 1 is 1.50 bits per heavy atom. The largest absolute Gasteiger partial charge is 0.480 e. The smallest absolute Gasteiger partial charge is 0.320 e. The Bertz CT molecular complexity index is 328. The molecule has 1 aromatic carbocycles. The van der Waals surface area contributed by atoms with E-state index in [0.717, 1.165) is 11.1 Å². The highest BCUT2D eigenvalue weighted by molar-refractivity contribution is 7.79. The lowest BCUT2D eigenvalue weighted by Gasteiger charge is -2.07. The Hall–Kier alpha value is -1.00. The molecule has 0 spiro atoms. The molecule has 1 aromatic rings. The summed E-state index contributed by atoms with van der Waals surface area (Å²) in [5.41, 5.74) is 7.43. The predicted molar refractivity (Wildman–Crippen MR) is 58.4 cm³/mol. The van der Waals surface area contributed by atoms with Gasteiger partial charge in [-0.2, -0.15) is 12.6 Å². The van der Waals surface area contributed by atoms with Crippen LogP contribution in [0.3, 0.4) is 0 Å². The topological polar surface area (TPSA) is 63.3 Å². The Kier molecular flexibility index (Phi) is 3.98. The minimum atomic E-state index is -0.971.